The number of nitrogens with one attached hydrogen (secondary N) is 1. The normalized spacial score (nSPS) is 12.4. The van der Waals surface area contributed by atoms with Crippen molar-refractivity contribution in [2.75, 3.05) is 12.0 Å². The Balaban J connectivity index is 1.58. The molecule has 0 unspecified atom stereocenters. The summed E-state index contributed by atoms with van der Waals surface area (Å²) in [4.78, 5) is 18.9. The van der Waals surface area contributed by atoms with Gasteiger partial charge in [0.05, 0.1) is 17.1 Å². The number of hydrogen-bond acceptors (Lipinski definition) is 3. The summed E-state index contributed by atoms with van der Waals surface area (Å²) in [7, 11) is 0. The number of benzene rings is 2. The third-order valence-electron chi connectivity index (χ3n) is 4.60. The fourth-order valence-electron chi connectivity index (χ4n) is 3.17. The first-order valence-electron chi connectivity index (χ1n) is 8.65. The van der Waals surface area contributed by atoms with Crippen LogP contribution in [-0.4, -0.2) is 27.1 Å². The van der Waals surface area contributed by atoms with Crippen molar-refractivity contribution in [3.05, 3.63) is 66.7 Å². The summed E-state index contributed by atoms with van der Waals surface area (Å²) >= 11 is 0. The smallest absolute Gasteiger partial charge is 0.337 e. The monoisotopic (exact) mass is 348 g/mol. The number of fused-ring (bicyclic) bond motifs is 2. The largest absolute Gasteiger partial charge is 0.459 e. The highest BCUT2D eigenvalue weighted by molar-refractivity contribution is 5.85. The summed E-state index contributed by atoms with van der Waals surface area (Å²) in [6.45, 7) is 4.47. The highest BCUT2D eigenvalue weighted by atomic mass is 16.3. The number of imidazole rings is 1. The van der Waals surface area contributed by atoms with Crippen molar-refractivity contribution in [1.29, 1.82) is 0 Å². The number of nitrogens with zero attached hydrogens (tertiary/aromatic N) is 3. The molecular weight excluding hydrogens is 328 g/mol. The minimum Gasteiger partial charge on any atom is -0.459 e. The molecule has 0 aliphatic heterocycles. The van der Waals surface area contributed by atoms with Gasteiger partial charge in [0.2, 0.25) is 0 Å². The van der Waals surface area contributed by atoms with E-state index >= 15 is 0 Å². The van der Waals surface area contributed by atoms with Crippen molar-refractivity contribution in [3.8, 4) is 0 Å². The fraction of sp³-hybridized carbons (Fsp3) is 0.200. The van der Waals surface area contributed by atoms with Crippen molar-refractivity contribution < 1.29 is 9.21 Å². The average Bonchev–Trinajstić information content (AvgIpc) is 3.26. The molecular formula is C20H20N4O2. The molecule has 26 heavy (non-hydrogen) atoms. The van der Waals surface area contributed by atoms with Gasteiger partial charge in [0.15, 0.2) is 0 Å². The van der Waals surface area contributed by atoms with E-state index in [-0.39, 0.29) is 12.1 Å². The molecule has 0 bridgehead atoms. The first kappa shape index (κ1) is 16.2. The lowest BCUT2D eigenvalue weighted by atomic mass is 10.2. The molecule has 0 spiro atoms. The molecule has 6 heteroatoms. The predicted molar refractivity (Wildman–Crippen MR) is 101 cm³/mol. The van der Waals surface area contributed by atoms with Crippen LogP contribution in [0.1, 0.15) is 25.6 Å². The van der Waals surface area contributed by atoms with Gasteiger partial charge in [-0.2, -0.15) is 0 Å². The number of rotatable bonds is 4. The Kier molecular flexibility index (Phi) is 4.08. The highest BCUT2D eigenvalue weighted by Crippen LogP contribution is 2.27. The summed E-state index contributed by atoms with van der Waals surface area (Å²) in [5.74, 6) is 0.763. The topological polar surface area (TPSA) is 63.3 Å². The van der Waals surface area contributed by atoms with E-state index in [0.29, 0.717) is 6.54 Å². The molecule has 132 valence electrons. The number of aromatic nitrogens is 2. The van der Waals surface area contributed by atoms with Crippen molar-refractivity contribution in [1.82, 2.24) is 14.6 Å². The van der Waals surface area contributed by atoms with Crippen LogP contribution in [0.4, 0.5) is 4.79 Å². The van der Waals surface area contributed by atoms with Gasteiger partial charge in [-0.05, 0) is 38.1 Å². The van der Waals surface area contributed by atoms with E-state index in [1.54, 1.807) is 15.9 Å². The third kappa shape index (κ3) is 2.79. The van der Waals surface area contributed by atoms with Crippen LogP contribution >= 0.6 is 0 Å². The lowest BCUT2D eigenvalue weighted by molar-refractivity contribution is 0.186. The van der Waals surface area contributed by atoms with Crippen LogP contribution in [0.5, 0.6) is 0 Å². The van der Waals surface area contributed by atoms with Gasteiger partial charge in [0, 0.05) is 11.9 Å². The van der Waals surface area contributed by atoms with Crippen LogP contribution < -0.4 is 5.43 Å². The number of hydrogen-bond donors (Lipinski definition) is 1. The molecule has 2 aromatic carbocycles. The molecule has 2 heterocycles. The van der Waals surface area contributed by atoms with Gasteiger partial charge in [-0.25, -0.2) is 19.9 Å². The van der Waals surface area contributed by atoms with Crippen LogP contribution in [0.3, 0.4) is 0 Å². The molecule has 0 aliphatic rings. The Bertz CT molecular complexity index is 1030. The molecule has 0 fully saturated rings. The van der Waals surface area contributed by atoms with Crippen molar-refractivity contribution in [3.63, 3.8) is 0 Å². The van der Waals surface area contributed by atoms with E-state index in [2.05, 4.69) is 10.4 Å². The summed E-state index contributed by atoms with van der Waals surface area (Å²) in [5, 5.41) is 1.03. The summed E-state index contributed by atoms with van der Waals surface area (Å²) in [6.07, 6.45) is 1.61. The summed E-state index contributed by atoms with van der Waals surface area (Å²) in [6, 6.07) is 17.1. The number of urea groups is 1. The van der Waals surface area contributed by atoms with E-state index in [0.717, 1.165) is 27.8 Å². The third-order valence-corrected chi connectivity index (χ3v) is 4.60. The Hall–Kier alpha value is -3.28. The molecule has 4 aromatic rings. The number of furan rings is 1. The van der Waals surface area contributed by atoms with Gasteiger partial charge in [0.1, 0.15) is 17.7 Å². The maximum Gasteiger partial charge on any atom is 0.337 e. The fourth-order valence-corrected chi connectivity index (χ4v) is 3.17. The Morgan fingerprint density at radius 1 is 1.23 bits per heavy atom. The first-order chi connectivity index (χ1) is 12.7. The molecule has 1 atom stereocenters. The van der Waals surface area contributed by atoms with Gasteiger partial charge < -0.3 is 9.32 Å². The second-order valence-corrected chi connectivity index (χ2v) is 6.17. The molecule has 4 rings (SSSR count). The molecule has 0 saturated heterocycles. The SMILES string of the molecule is CCN(C(=O)Nn1cnc2ccccc21)[C@@H](C)c1cc2ccccc2o1. The quantitative estimate of drug-likeness (QED) is 0.589. The molecule has 0 saturated carbocycles. The average molecular weight is 348 g/mol. The second kappa shape index (κ2) is 6.55. The molecule has 0 aliphatic carbocycles. The minimum absolute atomic E-state index is 0.192. The Morgan fingerprint density at radius 2 is 2.00 bits per heavy atom. The van der Waals surface area contributed by atoms with Crippen molar-refractivity contribution in [2.24, 2.45) is 0 Å². The Morgan fingerprint density at radius 3 is 2.81 bits per heavy atom. The number of para-hydroxylation sites is 3. The van der Waals surface area contributed by atoms with Crippen molar-refractivity contribution in [2.45, 2.75) is 19.9 Å². The van der Waals surface area contributed by atoms with Crippen LogP contribution in [0.15, 0.2) is 65.3 Å². The number of amides is 2. The molecule has 2 aromatic heterocycles. The highest BCUT2D eigenvalue weighted by Gasteiger charge is 2.23. The standard InChI is InChI=1S/C20H20N4O2/c1-3-23(14(2)19-12-15-8-4-7-11-18(15)26-19)20(25)22-24-13-21-16-9-5-6-10-17(16)24/h4-14H,3H2,1-2H3,(H,22,25)/t14-/m0/s1. The van der Waals surface area contributed by atoms with E-state index in [1.165, 1.54) is 0 Å². The van der Waals surface area contributed by atoms with Crippen LogP contribution in [0, 0.1) is 0 Å². The van der Waals surface area contributed by atoms with Crippen LogP contribution in [-0.2, 0) is 0 Å². The summed E-state index contributed by atoms with van der Waals surface area (Å²) < 4.78 is 7.57. The van der Waals surface area contributed by atoms with Crippen LogP contribution in [0.25, 0.3) is 22.0 Å². The zero-order valence-corrected chi connectivity index (χ0v) is 14.7. The first-order valence-corrected chi connectivity index (χ1v) is 8.65. The number of carbonyl (C=O) groups excluding carboxylic acids is 1. The lowest BCUT2D eigenvalue weighted by Crippen LogP contribution is -2.39. The van der Waals surface area contributed by atoms with Gasteiger partial charge in [0.25, 0.3) is 0 Å². The van der Waals surface area contributed by atoms with E-state index in [9.17, 15) is 4.79 Å². The van der Waals surface area contributed by atoms with Crippen molar-refractivity contribution >= 4 is 28.0 Å². The molecule has 0 radical (unpaired) electrons. The van der Waals surface area contributed by atoms with Gasteiger partial charge >= 0.3 is 6.03 Å². The lowest BCUT2D eigenvalue weighted by Gasteiger charge is -2.27. The molecule has 2 amide bonds. The zero-order valence-electron chi connectivity index (χ0n) is 14.7. The minimum atomic E-state index is -0.205. The maximum atomic E-state index is 12.8. The van der Waals surface area contributed by atoms with Crippen LogP contribution in [0.2, 0.25) is 0 Å². The van der Waals surface area contributed by atoms with Gasteiger partial charge in [-0.3, -0.25) is 0 Å². The zero-order chi connectivity index (χ0) is 18.1. The van der Waals surface area contributed by atoms with Gasteiger partial charge in [-0.15, -0.1) is 0 Å². The Labute approximate surface area is 151 Å². The van der Waals surface area contributed by atoms with E-state index < -0.39 is 0 Å². The predicted octanol–water partition coefficient (Wildman–Crippen LogP) is 4.53. The second-order valence-electron chi connectivity index (χ2n) is 6.17. The maximum absolute atomic E-state index is 12.8. The molecule has 1 N–H and O–H groups in total. The number of carbonyl (C=O) groups is 1. The molecule has 6 nitrogen and oxygen atoms in total. The van der Waals surface area contributed by atoms with E-state index in [4.69, 9.17) is 4.42 Å². The van der Waals surface area contributed by atoms with E-state index in [1.807, 2.05) is 68.4 Å². The van der Waals surface area contributed by atoms with Gasteiger partial charge in [-0.1, -0.05) is 30.3 Å². The summed E-state index contributed by atoms with van der Waals surface area (Å²) in [5.41, 5.74) is 5.41.